The average Bonchev–Trinajstić information content (AvgIpc) is 2.24. The van der Waals surface area contributed by atoms with Gasteiger partial charge in [0.15, 0.2) is 0 Å². The van der Waals surface area contributed by atoms with Crippen molar-refractivity contribution in [2.75, 3.05) is 6.61 Å². The van der Waals surface area contributed by atoms with Gasteiger partial charge in [-0.15, -0.1) is 0 Å². The quantitative estimate of drug-likeness (QED) is 0.364. The van der Waals surface area contributed by atoms with Gasteiger partial charge in [-0.3, -0.25) is 0 Å². The summed E-state index contributed by atoms with van der Waals surface area (Å²) in [5.74, 6) is 0. The largest absolute Gasteiger partial charge is 0.387 e. The maximum absolute atomic E-state index is 9.52. The SMILES string of the molecule is CCCOC1[C@@H](O)[C@H](O)C(O)[C@@H](O)[C@H]1O. The third kappa shape index (κ3) is 2.47. The smallest absolute Gasteiger partial charge is 0.114 e. The molecule has 1 aliphatic rings. The molecule has 0 aromatic rings. The molecule has 0 heterocycles. The number of hydrogen-bond donors (Lipinski definition) is 5. The summed E-state index contributed by atoms with van der Waals surface area (Å²) in [5, 5.41) is 47.0. The Morgan fingerprint density at radius 2 is 1.20 bits per heavy atom. The Morgan fingerprint density at radius 3 is 1.60 bits per heavy atom. The van der Waals surface area contributed by atoms with Crippen LogP contribution in [0.5, 0.6) is 0 Å². The fourth-order valence-corrected chi connectivity index (χ4v) is 1.65. The van der Waals surface area contributed by atoms with E-state index >= 15 is 0 Å². The van der Waals surface area contributed by atoms with Crippen LogP contribution >= 0.6 is 0 Å². The summed E-state index contributed by atoms with van der Waals surface area (Å²) >= 11 is 0. The lowest BCUT2D eigenvalue weighted by Crippen LogP contribution is -2.64. The predicted molar refractivity (Wildman–Crippen MR) is 50.1 cm³/mol. The molecule has 6 heteroatoms. The minimum Gasteiger partial charge on any atom is -0.387 e. The van der Waals surface area contributed by atoms with E-state index in [1.807, 2.05) is 6.92 Å². The molecule has 0 bridgehead atoms. The number of aliphatic hydroxyl groups is 5. The summed E-state index contributed by atoms with van der Waals surface area (Å²) < 4.78 is 5.11. The minimum absolute atomic E-state index is 0.300. The third-order valence-corrected chi connectivity index (χ3v) is 2.59. The van der Waals surface area contributed by atoms with Crippen LogP contribution < -0.4 is 0 Å². The topological polar surface area (TPSA) is 110 Å². The molecule has 0 aromatic heterocycles. The van der Waals surface area contributed by atoms with E-state index < -0.39 is 36.6 Å². The highest BCUT2D eigenvalue weighted by molar-refractivity contribution is 4.99. The molecule has 1 aliphatic carbocycles. The van der Waals surface area contributed by atoms with Gasteiger partial charge in [0.25, 0.3) is 0 Å². The monoisotopic (exact) mass is 222 g/mol. The zero-order valence-electron chi connectivity index (χ0n) is 8.52. The first-order chi connectivity index (χ1) is 7.00. The average molecular weight is 222 g/mol. The van der Waals surface area contributed by atoms with Gasteiger partial charge in [-0.2, -0.15) is 0 Å². The highest BCUT2D eigenvalue weighted by Gasteiger charge is 2.48. The van der Waals surface area contributed by atoms with Gasteiger partial charge in [0.05, 0.1) is 0 Å². The molecule has 1 fully saturated rings. The van der Waals surface area contributed by atoms with Crippen LogP contribution in [-0.2, 0) is 4.74 Å². The van der Waals surface area contributed by atoms with E-state index in [-0.39, 0.29) is 0 Å². The molecule has 0 radical (unpaired) electrons. The lowest BCUT2D eigenvalue weighted by molar-refractivity contribution is -0.235. The van der Waals surface area contributed by atoms with E-state index in [2.05, 4.69) is 0 Å². The second-order valence-electron chi connectivity index (χ2n) is 3.79. The molecule has 5 N–H and O–H groups in total. The van der Waals surface area contributed by atoms with Crippen molar-refractivity contribution >= 4 is 0 Å². The Kier molecular flexibility index (Phi) is 4.45. The first-order valence-corrected chi connectivity index (χ1v) is 5.02. The molecule has 90 valence electrons. The normalized spacial score (nSPS) is 46.8. The van der Waals surface area contributed by atoms with Crippen molar-refractivity contribution in [2.45, 2.75) is 50.0 Å². The summed E-state index contributed by atoms with van der Waals surface area (Å²) in [7, 11) is 0. The van der Waals surface area contributed by atoms with Gasteiger partial charge in [0.2, 0.25) is 0 Å². The van der Waals surface area contributed by atoms with Crippen LogP contribution in [0.1, 0.15) is 13.3 Å². The third-order valence-electron chi connectivity index (χ3n) is 2.59. The van der Waals surface area contributed by atoms with Crippen LogP contribution in [-0.4, -0.2) is 68.8 Å². The van der Waals surface area contributed by atoms with Crippen molar-refractivity contribution in [2.24, 2.45) is 0 Å². The van der Waals surface area contributed by atoms with Gasteiger partial charge in [-0.05, 0) is 6.42 Å². The Morgan fingerprint density at radius 1 is 0.800 bits per heavy atom. The molecule has 0 aliphatic heterocycles. The zero-order chi connectivity index (χ0) is 11.6. The number of ether oxygens (including phenoxy) is 1. The van der Waals surface area contributed by atoms with Gasteiger partial charge in [0.1, 0.15) is 36.6 Å². The van der Waals surface area contributed by atoms with Crippen molar-refractivity contribution < 1.29 is 30.3 Å². The molecule has 0 amide bonds. The maximum atomic E-state index is 9.52. The number of aliphatic hydroxyl groups excluding tert-OH is 5. The summed E-state index contributed by atoms with van der Waals surface area (Å²) in [5.41, 5.74) is 0. The standard InChI is InChI=1S/C9H18O6/c1-2-3-15-9-7(13)5(11)4(10)6(12)8(9)14/h4-14H,2-3H2,1H3/t4?,5-,6-,7-,8+,9?/m1/s1. The lowest BCUT2D eigenvalue weighted by Gasteiger charge is -2.41. The maximum Gasteiger partial charge on any atom is 0.114 e. The van der Waals surface area contributed by atoms with E-state index in [4.69, 9.17) is 4.74 Å². The van der Waals surface area contributed by atoms with E-state index in [1.165, 1.54) is 0 Å². The molecule has 0 saturated heterocycles. The Labute approximate surface area is 87.7 Å². The van der Waals surface area contributed by atoms with E-state index in [0.717, 1.165) is 0 Å². The number of rotatable bonds is 3. The van der Waals surface area contributed by atoms with Gasteiger partial charge in [-0.25, -0.2) is 0 Å². The van der Waals surface area contributed by atoms with E-state index in [9.17, 15) is 25.5 Å². The van der Waals surface area contributed by atoms with Gasteiger partial charge in [-0.1, -0.05) is 6.92 Å². The summed E-state index contributed by atoms with van der Waals surface area (Å²) in [6.45, 7) is 2.15. The Bertz CT molecular complexity index is 183. The van der Waals surface area contributed by atoms with E-state index in [0.29, 0.717) is 13.0 Å². The Hall–Kier alpha value is -0.240. The molecule has 6 atom stereocenters. The lowest BCUT2D eigenvalue weighted by atomic mass is 9.85. The molecule has 0 aromatic carbocycles. The van der Waals surface area contributed by atoms with Crippen LogP contribution in [0, 0.1) is 0 Å². The van der Waals surface area contributed by atoms with Gasteiger partial charge >= 0.3 is 0 Å². The molecule has 0 spiro atoms. The zero-order valence-corrected chi connectivity index (χ0v) is 8.52. The first-order valence-electron chi connectivity index (χ1n) is 5.02. The molecule has 6 nitrogen and oxygen atoms in total. The van der Waals surface area contributed by atoms with Crippen molar-refractivity contribution in [1.82, 2.24) is 0 Å². The molecule has 15 heavy (non-hydrogen) atoms. The van der Waals surface area contributed by atoms with Crippen molar-refractivity contribution in [3.63, 3.8) is 0 Å². The highest BCUT2D eigenvalue weighted by Crippen LogP contribution is 2.23. The van der Waals surface area contributed by atoms with Crippen molar-refractivity contribution in [1.29, 1.82) is 0 Å². The highest BCUT2D eigenvalue weighted by atomic mass is 16.5. The summed E-state index contributed by atoms with van der Waals surface area (Å²) in [4.78, 5) is 0. The van der Waals surface area contributed by atoms with Crippen LogP contribution in [0.3, 0.4) is 0 Å². The van der Waals surface area contributed by atoms with Crippen LogP contribution in [0.25, 0.3) is 0 Å². The minimum atomic E-state index is -1.56. The number of hydrogen-bond acceptors (Lipinski definition) is 6. The van der Waals surface area contributed by atoms with E-state index in [1.54, 1.807) is 0 Å². The fourth-order valence-electron chi connectivity index (χ4n) is 1.65. The Balaban J connectivity index is 2.68. The van der Waals surface area contributed by atoms with Crippen LogP contribution in [0.15, 0.2) is 0 Å². The predicted octanol–water partition coefficient (Wildman–Crippen LogP) is -2.40. The molecular formula is C9H18O6. The van der Waals surface area contributed by atoms with Crippen LogP contribution in [0.4, 0.5) is 0 Å². The van der Waals surface area contributed by atoms with Crippen molar-refractivity contribution in [3.05, 3.63) is 0 Å². The molecule has 2 unspecified atom stereocenters. The molecule has 1 rings (SSSR count). The summed E-state index contributed by atoms with van der Waals surface area (Å²) in [6.07, 6.45) is -7.76. The van der Waals surface area contributed by atoms with Crippen molar-refractivity contribution in [3.8, 4) is 0 Å². The summed E-state index contributed by atoms with van der Waals surface area (Å²) in [6, 6.07) is 0. The van der Waals surface area contributed by atoms with Gasteiger partial charge < -0.3 is 30.3 Å². The second-order valence-corrected chi connectivity index (χ2v) is 3.79. The first kappa shape index (κ1) is 12.8. The molecular weight excluding hydrogens is 204 g/mol. The van der Waals surface area contributed by atoms with Crippen LogP contribution in [0.2, 0.25) is 0 Å². The molecule has 1 saturated carbocycles. The fraction of sp³-hybridized carbons (Fsp3) is 1.00. The van der Waals surface area contributed by atoms with Gasteiger partial charge in [0, 0.05) is 6.61 Å². The second kappa shape index (κ2) is 5.20.